The van der Waals surface area contributed by atoms with E-state index in [-0.39, 0.29) is 17.1 Å². The van der Waals surface area contributed by atoms with E-state index < -0.39 is 0 Å². The van der Waals surface area contributed by atoms with Crippen molar-refractivity contribution >= 4 is 27.7 Å². The van der Waals surface area contributed by atoms with E-state index in [1.807, 2.05) is 0 Å². The summed E-state index contributed by atoms with van der Waals surface area (Å²) in [5.41, 5.74) is 0. The summed E-state index contributed by atoms with van der Waals surface area (Å²) in [5.74, 6) is -0.332. The van der Waals surface area contributed by atoms with Crippen LogP contribution in [0.1, 0.15) is 6.92 Å². The van der Waals surface area contributed by atoms with Gasteiger partial charge in [0.2, 0.25) is 11.8 Å². The summed E-state index contributed by atoms with van der Waals surface area (Å²) in [6.45, 7) is 1.39. The zero-order chi connectivity index (χ0) is 8.69. The standard InChI is InChI=1S/C6H9BrN2O2/c1-5(10)8-2-3-9-6(11)4-7/h2-3H,4H2,1H3,(H,8,10)(H,9,11). The van der Waals surface area contributed by atoms with Gasteiger partial charge in [-0.25, -0.2) is 0 Å². The molecular weight excluding hydrogens is 212 g/mol. The van der Waals surface area contributed by atoms with Crippen LogP contribution in [0.5, 0.6) is 0 Å². The minimum Gasteiger partial charge on any atom is -0.331 e. The normalized spacial score (nSPS) is 9.64. The van der Waals surface area contributed by atoms with Crippen molar-refractivity contribution in [2.45, 2.75) is 6.92 Å². The maximum atomic E-state index is 10.5. The van der Waals surface area contributed by atoms with Gasteiger partial charge >= 0.3 is 0 Å². The minimum absolute atomic E-state index is 0.161. The third-order valence-electron chi connectivity index (χ3n) is 0.736. The number of amides is 2. The first-order valence-electron chi connectivity index (χ1n) is 2.94. The molecule has 0 aliphatic rings. The van der Waals surface area contributed by atoms with Crippen LogP contribution in [0.15, 0.2) is 12.4 Å². The summed E-state index contributed by atoms with van der Waals surface area (Å²) in [6.07, 6.45) is 2.73. The highest BCUT2D eigenvalue weighted by Gasteiger charge is 1.90. The van der Waals surface area contributed by atoms with Gasteiger partial charge in [-0.15, -0.1) is 0 Å². The zero-order valence-electron chi connectivity index (χ0n) is 6.06. The number of nitrogens with one attached hydrogen (secondary N) is 2. The summed E-state index contributed by atoms with van der Waals surface area (Å²) in [7, 11) is 0. The van der Waals surface area contributed by atoms with Crippen LogP contribution in [-0.4, -0.2) is 17.1 Å². The van der Waals surface area contributed by atoms with Crippen LogP contribution >= 0.6 is 15.9 Å². The lowest BCUT2D eigenvalue weighted by molar-refractivity contribution is -0.119. The summed E-state index contributed by atoms with van der Waals surface area (Å²) in [6, 6.07) is 0. The maximum absolute atomic E-state index is 10.5. The molecule has 0 aliphatic heterocycles. The Morgan fingerprint density at radius 1 is 1.36 bits per heavy atom. The molecule has 0 saturated carbocycles. The average Bonchev–Trinajstić information content (AvgIpc) is 1.97. The molecule has 0 saturated heterocycles. The van der Waals surface area contributed by atoms with Crippen molar-refractivity contribution in [2.75, 3.05) is 5.33 Å². The second-order valence-corrected chi connectivity index (χ2v) is 2.30. The minimum atomic E-state index is -0.172. The van der Waals surface area contributed by atoms with Crippen molar-refractivity contribution in [3.63, 3.8) is 0 Å². The molecule has 0 spiro atoms. The summed E-state index contributed by atoms with van der Waals surface area (Å²) in [5, 5.41) is 5.03. The van der Waals surface area contributed by atoms with Crippen LogP contribution in [0.2, 0.25) is 0 Å². The molecule has 0 aliphatic carbocycles. The van der Waals surface area contributed by atoms with Gasteiger partial charge in [-0.05, 0) is 0 Å². The Bertz CT molecular complexity index is 179. The second kappa shape index (κ2) is 5.91. The van der Waals surface area contributed by atoms with Crippen molar-refractivity contribution in [2.24, 2.45) is 0 Å². The van der Waals surface area contributed by atoms with E-state index in [0.29, 0.717) is 0 Å². The monoisotopic (exact) mass is 220 g/mol. The molecule has 0 unspecified atom stereocenters. The van der Waals surface area contributed by atoms with Crippen LogP contribution in [0.3, 0.4) is 0 Å². The number of hydrogen-bond acceptors (Lipinski definition) is 2. The van der Waals surface area contributed by atoms with Crippen molar-refractivity contribution in [1.82, 2.24) is 10.6 Å². The highest BCUT2D eigenvalue weighted by molar-refractivity contribution is 9.09. The highest BCUT2D eigenvalue weighted by Crippen LogP contribution is 1.77. The third kappa shape index (κ3) is 7.05. The van der Waals surface area contributed by atoms with Gasteiger partial charge in [0.1, 0.15) is 0 Å². The molecule has 11 heavy (non-hydrogen) atoms. The SMILES string of the molecule is CC(=O)NC=CNC(=O)CBr. The predicted octanol–water partition coefficient (Wildman–Crippen LogP) is 0.105. The van der Waals surface area contributed by atoms with E-state index in [4.69, 9.17) is 0 Å². The fourth-order valence-corrected chi connectivity index (χ4v) is 0.494. The van der Waals surface area contributed by atoms with Gasteiger partial charge in [0.15, 0.2) is 0 Å². The van der Waals surface area contributed by atoms with Crippen molar-refractivity contribution in [3.05, 3.63) is 12.4 Å². The van der Waals surface area contributed by atoms with Gasteiger partial charge in [-0.2, -0.15) is 0 Å². The Kier molecular flexibility index (Phi) is 5.46. The van der Waals surface area contributed by atoms with E-state index in [1.54, 1.807) is 0 Å². The first-order chi connectivity index (χ1) is 5.16. The number of rotatable bonds is 3. The molecule has 5 heteroatoms. The van der Waals surface area contributed by atoms with Crippen molar-refractivity contribution in [3.8, 4) is 0 Å². The van der Waals surface area contributed by atoms with E-state index in [0.717, 1.165) is 0 Å². The first-order valence-corrected chi connectivity index (χ1v) is 4.06. The number of halogens is 1. The smallest absolute Gasteiger partial charge is 0.234 e. The lowest BCUT2D eigenvalue weighted by Crippen LogP contribution is -2.20. The van der Waals surface area contributed by atoms with Gasteiger partial charge < -0.3 is 10.6 Å². The van der Waals surface area contributed by atoms with Crippen LogP contribution in [-0.2, 0) is 9.59 Å². The molecular formula is C6H9BrN2O2. The molecule has 62 valence electrons. The van der Waals surface area contributed by atoms with Crippen LogP contribution in [0.4, 0.5) is 0 Å². The van der Waals surface area contributed by atoms with E-state index >= 15 is 0 Å². The molecule has 0 atom stereocenters. The summed E-state index contributed by atoms with van der Waals surface area (Å²) >= 11 is 2.96. The van der Waals surface area contributed by atoms with Crippen molar-refractivity contribution in [1.29, 1.82) is 0 Å². The molecule has 0 radical (unpaired) electrons. The third-order valence-corrected chi connectivity index (χ3v) is 1.24. The lowest BCUT2D eigenvalue weighted by atomic mass is 10.6. The molecule has 0 aromatic heterocycles. The molecule has 2 amide bonds. The van der Waals surface area contributed by atoms with E-state index in [2.05, 4.69) is 26.6 Å². The molecule has 4 nitrogen and oxygen atoms in total. The number of hydrogen-bond donors (Lipinski definition) is 2. The zero-order valence-corrected chi connectivity index (χ0v) is 7.64. The Hall–Kier alpha value is -0.840. The van der Waals surface area contributed by atoms with Gasteiger partial charge in [0.05, 0.1) is 5.33 Å². The van der Waals surface area contributed by atoms with Gasteiger partial charge in [-0.3, -0.25) is 9.59 Å². The highest BCUT2D eigenvalue weighted by atomic mass is 79.9. The second-order valence-electron chi connectivity index (χ2n) is 1.74. The molecule has 0 aromatic carbocycles. The summed E-state index contributed by atoms with van der Waals surface area (Å²) in [4.78, 5) is 20.8. The van der Waals surface area contributed by atoms with Gasteiger partial charge in [-0.1, -0.05) is 15.9 Å². The van der Waals surface area contributed by atoms with Gasteiger partial charge in [0, 0.05) is 19.3 Å². The molecule has 2 N–H and O–H groups in total. The fourth-order valence-electron chi connectivity index (χ4n) is 0.332. The predicted molar refractivity (Wildman–Crippen MR) is 44.9 cm³/mol. The quantitative estimate of drug-likeness (QED) is 0.664. The Balaban J connectivity index is 3.44. The number of carbonyl (C=O) groups excluding carboxylic acids is 2. The topological polar surface area (TPSA) is 58.2 Å². The fraction of sp³-hybridized carbons (Fsp3) is 0.333. The first kappa shape index (κ1) is 10.2. The number of carbonyl (C=O) groups is 2. The van der Waals surface area contributed by atoms with E-state index in [9.17, 15) is 9.59 Å². The molecule has 0 aromatic rings. The molecule has 0 heterocycles. The molecule has 0 rings (SSSR count). The Morgan fingerprint density at radius 3 is 2.36 bits per heavy atom. The molecule has 0 fully saturated rings. The summed E-state index contributed by atoms with van der Waals surface area (Å²) < 4.78 is 0. The van der Waals surface area contributed by atoms with Gasteiger partial charge in [0.25, 0.3) is 0 Å². The largest absolute Gasteiger partial charge is 0.331 e. The van der Waals surface area contributed by atoms with Crippen LogP contribution in [0.25, 0.3) is 0 Å². The van der Waals surface area contributed by atoms with E-state index in [1.165, 1.54) is 19.3 Å². The Labute approximate surface area is 73.2 Å². The average molecular weight is 221 g/mol. The molecule has 0 bridgehead atoms. The number of alkyl halides is 1. The lowest BCUT2D eigenvalue weighted by Gasteiger charge is -1.93. The van der Waals surface area contributed by atoms with Crippen LogP contribution < -0.4 is 10.6 Å². The van der Waals surface area contributed by atoms with Crippen molar-refractivity contribution < 1.29 is 9.59 Å². The van der Waals surface area contributed by atoms with Crippen LogP contribution in [0, 0.1) is 0 Å². The Morgan fingerprint density at radius 2 is 1.91 bits per heavy atom. The maximum Gasteiger partial charge on any atom is 0.234 e.